The molecule has 1 atom stereocenters. The molecular weight excluding hydrogens is 476 g/mol. The maximum Gasteiger partial charge on any atom is 0.505 e. The van der Waals surface area contributed by atoms with Gasteiger partial charge in [-0.25, -0.2) is 19.1 Å². The van der Waals surface area contributed by atoms with Crippen molar-refractivity contribution >= 4 is 34.0 Å². The maximum atomic E-state index is 13.5. The van der Waals surface area contributed by atoms with Crippen LogP contribution in [0, 0.1) is 6.92 Å². The van der Waals surface area contributed by atoms with Crippen LogP contribution in [0.3, 0.4) is 0 Å². The molecule has 3 aromatic rings. The van der Waals surface area contributed by atoms with Gasteiger partial charge >= 0.3 is 12.2 Å². The summed E-state index contributed by atoms with van der Waals surface area (Å²) in [5.74, 6) is 0.676. The van der Waals surface area contributed by atoms with E-state index in [0.29, 0.717) is 35.7 Å². The molecule has 0 aliphatic heterocycles. The molecule has 0 spiro atoms. The minimum absolute atomic E-state index is 0.0207. The number of pyridine rings is 1. The monoisotopic (exact) mass is 504 g/mol. The van der Waals surface area contributed by atoms with Crippen LogP contribution in [0.2, 0.25) is 0 Å². The Kier molecular flexibility index (Phi) is 9.15. The van der Waals surface area contributed by atoms with Gasteiger partial charge in [0.05, 0.1) is 46.4 Å². The third-order valence-electron chi connectivity index (χ3n) is 5.18. The lowest BCUT2D eigenvalue weighted by Crippen LogP contribution is -2.35. The van der Waals surface area contributed by atoms with Gasteiger partial charge in [-0.05, 0) is 25.1 Å². The molecule has 11 nitrogen and oxygen atoms in total. The van der Waals surface area contributed by atoms with Crippen LogP contribution in [0.1, 0.15) is 17.7 Å². The number of aromatic nitrogens is 3. The highest BCUT2D eigenvalue weighted by atomic mass is 32.2. The number of para-hydroxylation sites is 2. The quantitative estimate of drug-likeness (QED) is 0.309. The molecule has 1 aromatic carbocycles. The fraction of sp³-hybridized carbons (Fsp3) is 0.391. The Balaban J connectivity index is 1.85. The second-order valence-electron chi connectivity index (χ2n) is 7.60. The van der Waals surface area contributed by atoms with Crippen molar-refractivity contribution in [3.8, 4) is 5.75 Å². The highest BCUT2D eigenvalue weighted by molar-refractivity contribution is 7.84. The molecule has 0 bridgehead atoms. The van der Waals surface area contributed by atoms with E-state index in [-0.39, 0.29) is 24.1 Å². The van der Waals surface area contributed by atoms with E-state index in [1.807, 2.05) is 6.92 Å². The number of carbonyl (C=O) groups excluding carboxylic acids is 1. The molecule has 2 heterocycles. The molecule has 188 valence electrons. The number of amides is 1. The van der Waals surface area contributed by atoms with Crippen LogP contribution in [0.4, 0.5) is 9.59 Å². The van der Waals surface area contributed by atoms with Crippen LogP contribution in [-0.4, -0.2) is 81.5 Å². The van der Waals surface area contributed by atoms with E-state index in [0.717, 1.165) is 12.0 Å². The number of ether oxygens (including phenoxy) is 3. The third-order valence-corrected chi connectivity index (χ3v) is 6.40. The summed E-state index contributed by atoms with van der Waals surface area (Å²) in [5, 5.41) is 8.74. The molecule has 0 aliphatic rings. The molecular formula is C23H28N4O7S. The number of rotatable bonds is 11. The summed E-state index contributed by atoms with van der Waals surface area (Å²) in [5.41, 5.74) is 2.34. The summed E-state index contributed by atoms with van der Waals surface area (Å²) in [6, 6.07) is 8.21. The predicted molar refractivity (Wildman–Crippen MR) is 128 cm³/mol. The standard InChI is InChI=1S/C23H28N4O7S/c1-16-18(24-10-9-20(16)33-13-6-12-32-3)15-35(31)21-25-17-7-4-5-8-19(17)27(21)22(28)26(2)11-14-34-23(29)30/h4-5,7-10H,6,11-15H2,1-3H3,(H,29,30). The van der Waals surface area contributed by atoms with Gasteiger partial charge in [0.15, 0.2) is 0 Å². The van der Waals surface area contributed by atoms with Crippen molar-refractivity contribution < 1.29 is 33.1 Å². The number of carboxylic acid groups (broad SMARTS) is 1. The van der Waals surface area contributed by atoms with Crippen molar-refractivity contribution in [1.82, 2.24) is 19.4 Å². The molecule has 12 heteroatoms. The van der Waals surface area contributed by atoms with E-state index < -0.39 is 23.0 Å². The number of likely N-dealkylation sites (N-methyl/N-ethyl adjacent to an activating group) is 1. The third kappa shape index (κ3) is 6.55. The Morgan fingerprint density at radius 1 is 1.17 bits per heavy atom. The normalized spacial score (nSPS) is 11.9. The van der Waals surface area contributed by atoms with Gasteiger partial charge in [0.2, 0.25) is 5.16 Å². The number of hydrogen-bond acceptors (Lipinski definition) is 8. The smallest absolute Gasteiger partial charge is 0.493 e. The number of benzene rings is 1. The van der Waals surface area contributed by atoms with E-state index in [2.05, 4.69) is 14.7 Å². The van der Waals surface area contributed by atoms with Gasteiger partial charge in [-0.1, -0.05) is 12.1 Å². The Morgan fingerprint density at radius 3 is 2.69 bits per heavy atom. The summed E-state index contributed by atoms with van der Waals surface area (Å²) in [6.07, 6.45) is 0.903. The van der Waals surface area contributed by atoms with Crippen molar-refractivity contribution in [2.24, 2.45) is 0 Å². The number of nitrogens with zero attached hydrogens (tertiary/aromatic N) is 4. The van der Waals surface area contributed by atoms with Gasteiger partial charge in [0, 0.05) is 38.9 Å². The number of fused-ring (bicyclic) bond motifs is 1. The molecule has 0 saturated heterocycles. The van der Waals surface area contributed by atoms with Crippen LogP contribution in [0.5, 0.6) is 5.75 Å². The first-order valence-corrected chi connectivity index (χ1v) is 12.2. The highest BCUT2D eigenvalue weighted by Gasteiger charge is 2.25. The second kappa shape index (κ2) is 12.3. The fourth-order valence-corrected chi connectivity index (χ4v) is 4.56. The van der Waals surface area contributed by atoms with Gasteiger partial charge < -0.3 is 24.2 Å². The molecule has 1 unspecified atom stereocenters. The Hall–Kier alpha value is -3.51. The van der Waals surface area contributed by atoms with Gasteiger partial charge in [-0.15, -0.1) is 0 Å². The van der Waals surface area contributed by atoms with E-state index in [9.17, 15) is 13.8 Å². The Morgan fingerprint density at radius 2 is 1.94 bits per heavy atom. The minimum atomic E-state index is -1.72. The zero-order chi connectivity index (χ0) is 25.4. The van der Waals surface area contributed by atoms with E-state index in [1.165, 1.54) is 16.5 Å². The second-order valence-corrected chi connectivity index (χ2v) is 8.95. The van der Waals surface area contributed by atoms with Gasteiger partial charge in [-0.2, -0.15) is 0 Å². The molecule has 0 fully saturated rings. The van der Waals surface area contributed by atoms with E-state index >= 15 is 0 Å². The zero-order valence-electron chi connectivity index (χ0n) is 19.8. The van der Waals surface area contributed by atoms with Crippen LogP contribution in [-0.2, 0) is 26.0 Å². The molecule has 0 radical (unpaired) electrons. The average Bonchev–Trinajstić information content (AvgIpc) is 3.23. The van der Waals surface area contributed by atoms with Crippen LogP contribution in [0.25, 0.3) is 11.0 Å². The molecule has 1 amide bonds. The number of methoxy groups -OCH3 is 1. The number of carbonyl (C=O) groups is 2. The molecule has 0 saturated carbocycles. The molecule has 1 N–H and O–H groups in total. The van der Waals surface area contributed by atoms with E-state index in [4.69, 9.17) is 14.6 Å². The van der Waals surface area contributed by atoms with Crippen LogP contribution >= 0.6 is 0 Å². The molecule has 3 rings (SSSR count). The lowest BCUT2D eigenvalue weighted by Gasteiger charge is -2.18. The number of hydrogen-bond donors (Lipinski definition) is 1. The van der Waals surface area contributed by atoms with Crippen molar-refractivity contribution in [2.45, 2.75) is 24.3 Å². The average molecular weight is 505 g/mol. The maximum absolute atomic E-state index is 13.5. The topological polar surface area (TPSA) is 133 Å². The summed E-state index contributed by atoms with van der Waals surface area (Å²) >= 11 is 0. The van der Waals surface area contributed by atoms with Crippen LogP contribution in [0.15, 0.2) is 41.7 Å². The predicted octanol–water partition coefficient (Wildman–Crippen LogP) is 3.06. The van der Waals surface area contributed by atoms with E-state index in [1.54, 1.807) is 43.6 Å². The first-order chi connectivity index (χ1) is 16.8. The summed E-state index contributed by atoms with van der Waals surface area (Å²) in [7, 11) is 1.42. The first-order valence-electron chi connectivity index (χ1n) is 10.9. The van der Waals surface area contributed by atoms with Gasteiger partial charge in [-0.3, -0.25) is 9.19 Å². The highest BCUT2D eigenvalue weighted by Crippen LogP contribution is 2.24. The lowest BCUT2D eigenvalue weighted by molar-refractivity contribution is 0.0853. The Bertz CT molecular complexity index is 1210. The van der Waals surface area contributed by atoms with Gasteiger partial charge in [0.1, 0.15) is 12.4 Å². The Labute approximate surface area is 205 Å². The van der Waals surface area contributed by atoms with Crippen molar-refractivity contribution in [3.05, 3.63) is 47.8 Å². The van der Waals surface area contributed by atoms with Crippen molar-refractivity contribution in [2.75, 3.05) is 40.5 Å². The zero-order valence-corrected chi connectivity index (χ0v) is 20.6. The van der Waals surface area contributed by atoms with Crippen LogP contribution < -0.4 is 4.74 Å². The number of imidazole rings is 1. The molecule has 2 aromatic heterocycles. The van der Waals surface area contributed by atoms with Crippen molar-refractivity contribution in [1.29, 1.82) is 0 Å². The summed E-state index contributed by atoms with van der Waals surface area (Å²) in [6.45, 7) is 2.73. The lowest BCUT2D eigenvalue weighted by atomic mass is 10.2. The SMILES string of the molecule is COCCCOc1ccnc(CS(=O)c2nc3ccccc3n2C(=O)N(C)CCOC(=O)O)c1C. The first kappa shape index (κ1) is 26.1. The summed E-state index contributed by atoms with van der Waals surface area (Å²) < 4.78 is 30.1. The molecule has 0 aliphatic carbocycles. The van der Waals surface area contributed by atoms with Gasteiger partial charge in [0.25, 0.3) is 0 Å². The van der Waals surface area contributed by atoms with Crippen molar-refractivity contribution in [3.63, 3.8) is 0 Å². The summed E-state index contributed by atoms with van der Waals surface area (Å²) in [4.78, 5) is 34.0. The fourth-order valence-electron chi connectivity index (χ4n) is 3.31. The largest absolute Gasteiger partial charge is 0.505 e. The molecule has 35 heavy (non-hydrogen) atoms. The minimum Gasteiger partial charge on any atom is -0.493 e.